The van der Waals surface area contributed by atoms with Crippen LogP contribution in [-0.4, -0.2) is 32.9 Å². The Morgan fingerprint density at radius 2 is 0.375 bits per heavy atom. The molecular formula is H13ClLaO6+3. The number of hydrogen-bond acceptors (Lipinski definition) is 0. The zero-order valence-corrected chi connectivity index (χ0v) is 8.43. The van der Waals surface area contributed by atoms with Gasteiger partial charge in [-0.25, -0.2) is 0 Å². The first-order chi connectivity index (χ1) is 0. The third-order valence-corrected chi connectivity index (χ3v) is 0. The summed E-state index contributed by atoms with van der Waals surface area (Å²) in [7, 11) is 0. The van der Waals surface area contributed by atoms with E-state index in [1.807, 2.05) is 0 Å². The Bertz CT molecular complexity index is 8.49. The Hall–Kier alpha value is 1.24. The summed E-state index contributed by atoms with van der Waals surface area (Å²) in [6.45, 7) is 0. The zero-order chi connectivity index (χ0) is 0. The van der Waals surface area contributed by atoms with Gasteiger partial charge in [0.15, 0.2) is 0 Å². The van der Waals surface area contributed by atoms with Gasteiger partial charge in [-0.05, 0) is 0 Å². The van der Waals surface area contributed by atoms with Crippen LogP contribution in [0.1, 0.15) is 0 Å². The molecule has 12 N–H and O–H groups in total. The molecule has 0 saturated carbocycles. The van der Waals surface area contributed by atoms with E-state index in [4.69, 9.17) is 0 Å². The van der Waals surface area contributed by atoms with Crippen LogP contribution in [0.25, 0.3) is 0 Å². The van der Waals surface area contributed by atoms with Crippen LogP contribution < -0.4 is 0 Å². The topological polar surface area (TPSA) is 189 Å². The third-order valence-electron chi connectivity index (χ3n) is 0. The minimum atomic E-state index is 0. The summed E-state index contributed by atoms with van der Waals surface area (Å²) in [5, 5.41) is 0. The molecule has 0 aliphatic carbocycles. The van der Waals surface area contributed by atoms with Crippen molar-refractivity contribution in [2.45, 2.75) is 0 Å². The summed E-state index contributed by atoms with van der Waals surface area (Å²) in [5.74, 6) is 0. The number of hydrogen-bond donors (Lipinski definition) is 0. The van der Waals surface area contributed by atoms with E-state index in [0.29, 0.717) is 0 Å². The largest absolute Gasteiger partial charge is 3.00 e. The van der Waals surface area contributed by atoms with Crippen LogP contribution >= 0.6 is 12.4 Å². The van der Waals surface area contributed by atoms with Crippen LogP contribution in [0.15, 0.2) is 0 Å². The van der Waals surface area contributed by atoms with Gasteiger partial charge >= 0.3 is 35.6 Å². The molecule has 6 nitrogen and oxygen atoms in total. The van der Waals surface area contributed by atoms with Crippen molar-refractivity contribution in [3.05, 3.63) is 0 Å². The van der Waals surface area contributed by atoms with Crippen molar-refractivity contribution < 1.29 is 68.5 Å². The van der Waals surface area contributed by atoms with Crippen molar-refractivity contribution in [2.24, 2.45) is 0 Å². The molecule has 0 rings (SSSR count). The smallest absolute Gasteiger partial charge is 0.412 e. The minimum Gasteiger partial charge on any atom is -0.412 e. The average molecular weight is 283 g/mol. The first-order valence-electron chi connectivity index (χ1n) is 0. The Morgan fingerprint density at radius 1 is 0.375 bits per heavy atom. The summed E-state index contributed by atoms with van der Waals surface area (Å²) >= 11 is 0. The van der Waals surface area contributed by atoms with Crippen molar-refractivity contribution >= 4 is 12.4 Å². The van der Waals surface area contributed by atoms with Gasteiger partial charge in [0.1, 0.15) is 0 Å². The van der Waals surface area contributed by atoms with Crippen LogP contribution in [0.3, 0.4) is 0 Å². The Kier molecular flexibility index (Phi) is 14200. The van der Waals surface area contributed by atoms with Crippen molar-refractivity contribution in [1.82, 2.24) is 0 Å². The predicted molar refractivity (Wildman–Crippen MR) is 28.9 cm³/mol. The van der Waals surface area contributed by atoms with Gasteiger partial charge in [0, 0.05) is 0 Å². The predicted octanol–water partition coefficient (Wildman–Crippen LogP) is -4.53. The van der Waals surface area contributed by atoms with E-state index in [0.717, 1.165) is 0 Å². The molecular weight excluding hydrogens is 270 g/mol. The molecule has 0 spiro atoms. The van der Waals surface area contributed by atoms with Crippen molar-refractivity contribution in [3.63, 3.8) is 0 Å². The maximum absolute atomic E-state index is 0. The molecule has 0 aliphatic rings. The summed E-state index contributed by atoms with van der Waals surface area (Å²) < 4.78 is 0. The second-order valence-corrected chi connectivity index (χ2v) is 0. The van der Waals surface area contributed by atoms with Crippen molar-refractivity contribution in [1.29, 1.82) is 0 Å². The average Bonchev–Trinajstić information content (AvgIpc) is 0. The van der Waals surface area contributed by atoms with E-state index in [1.54, 1.807) is 0 Å². The Labute approximate surface area is 80.5 Å². The maximum atomic E-state index is 0. The van der Waals surface area contributed by atoms with Crippen LogP contribution in [-0.2, 0) is 0 Å². The summed E-state index contributed by atoms with van der Waals surface area (Å²) in [6.07, 6.45) is 0. The van der Waals surface area contributed by atoms with E-state index in [9.17, 15) is 0 Å². The molecule has 0 saturated heterocycles. The molecule has 8 heavy (non-hydrogen) atoms. The molecule has 0 fully saturated rings. The third kappa shape index (κ3) is 182. The zero-order valence-electron chi connectivity index (χ0n) is 3.99. The van der Waals surface area contributed by atoms with Gasteiger partial charge in [-0.15, -0.1) is 12.4 Å². The molecule has 0 aromatic rings. The second-order valence-electron chi connectivity index (χ2n) is 0. The summed E-state index contributed by atoms with van der Waals surface area (Å²) in [4.78, 5) is 0. The number of rotatable bonds is 0. The normalized spacial score (nSPS) is 0. The molecule has 0 atom stereocenters. The van der Waals surface area contributed by atoms with Gasteiger partial charge in [-0.1, -0.05) is 0 Å². The summed E-state index contributed by atoms with van der Waals surface area (Å²) in [5.41, 5.74) is 0. The van der Waals surface area contributed by atoms with Crippen LogP contribution in [0.2, 0.25) is 0 Å². The van der Waals surface area contributed by atoms with Gasteiger partial charge in [-0.3, -0.25) is 0 Å². The molecule has 0 radical (unpaired) electrons. The van der Waals surface area contributed by atoms with Crippen molar-refractivity contribution in [3.8, 4) is 0 Å². The fourth-order valence-corrected chi connectivity index (χ4v) is 0. The Balaban J connectivity index is 0. The first kappa shape index (κ1) is 406. The van der Waals surface area contributed by atoms with E-state index in [-0.39, 0.29) is 80.9 Å². The Morgan fingerprint density at radius 3 is 0.375 bits per heavy atom. The molecule has 0 aromatic carbocycles. The van der Waals surface area contributed by atoms with Crippen LogP contribution in [0.5, 0.6) is 0 Å². The monoisotopic (exact) mass is 283 g/mol. The van der Waals surface area contributed by atoms with Crippen molar-refractivity contribution in [2.75, 3.05) is 0 Å². The summed E-state index contributed by atoms with van der Waals surface area (Å²) in [6, 6.07) is 0. The van der Waals surface area contributed by atoms with Crippen LogP contribution in [0, 0.1) is 35.6 Å². The van der Waals surface area contributed by atoms with E-state index in [2.05, 4.69) is 0 Å². The maximum Gasteiger partial charge on any atom is 3.00 e. The molecule has 0 unspecified atom stereocenters. The first-order valence-corrected chi connectivity index (χ1v) is 0. The SMILES string of the molecule is Cl.O.O.O.O.O.O.[La+3]. The minimum absolute atomic E-state index is 0. The van der Waals surface area contributed by atoms with Gasteiger partial charge in [0.05, 0.1) is 0 Å². The standard InChI is InChI=1S/ClH.La.6H2O/h1H;;6*1H2/q;+3;;;;;;. The van der Waals surface area contributed by atoms with Gasteiger partial charge in [0.25, 0.3) is 0 Å². The van der Waals surface area contributed by atoms with Gasteiger partial charge in [0.2, 0.25) is 0 Å². The molecule has 0 aromatic heterocycles. The van der Waals surface area contributed by atoms with Crippen LogP contribution in [0.4, 0.5) is 0 Å². The molecule has 8 heteroatoms. The second kappa shape index (κ2) is 279. The molecule has 0 aliphatic heterocycles. The molecule has 0 bridgehead atoms. The fraction of sp³-hybridized carbons (Fsp3) is 0. The number of halogens is 1. The molecule has 0 heterocycles. The molecule has 56 valence electrons. The van der Waals surface area contributed by atoms with E-state index in [1.165, 1.54) is 0 Å². The molecule has 0 amide bonds. The van der Waals surface area contributed by atoms with E-state index >= 15 is 0 Å². The van der Waals surface area contributed by atoms with Gasteiger partial charge in [-0.2, -0.15) is 0 Å². The fourth-order valence-electron chi connectivity index (χ4n) is 0. The quantitative estimate of drug-likeness (QED) is 0.414. The van der Waals surface area contributed by atoms with Gasteiger partial charge < -0.3 is 32.9 Å². The van der Waals surface area contributed by atoms with E-state index < -0.39 is 0 Å².